The molecular formula is C30H54O3Si. The Labute approximate surface area is 212 Å². The van der Waals surface area contributed by atoms with Gasteiger partial charge in [0, 0.05) is 6.42 Å². The van der Waals surface area contributed by atoms with Crippen molar-refractivity contribution in [2.45, 2.75) is 148 Å². The monoisotopic (exact) mass is 490 g/mol. The Morgan fingerprint density at radius 1 is 0.853 bits per heavy atom. The zero-order valence-electron chi connectivity index (χ0n) is 23.2. The van der Waals surface area contributed by atoms with Crippen molar-refractivity contribution in [3.05, 3.63) is 35.9 Å². The average molecular weight is 491 g/mol. The molecule has 1 heterocycles. The molecule has 4 heteroatoms. The summed E-state index contributed by atoms with van der Waals surface area (Å²) in [5.74, 6) is 0. The van der Waals surface area contributed by atoms with E-state index in [1.165, 1.54) is 63.4 Å². The Hall–Kier alpha value is -0.683. The summed E-state index contributed by atoms with van der Waals surface area (Å²) in [4.78, 5) is 0. The first-order valence-electron chi connectivity index (χ1n) is 14.2. The minimum absolute atomic E-state index is 0.135. The van der Waals surface area contributed by atoms with Gasteiger partial charge < -0.3 is 13.9 Å². The van der Waals surface area contributed by atoms with E-state index >= 15 is 0 Å². The molecule has 2 rings (SSSR count). The highest BCUT2D eigenvalue weighted by molar-refractivity contribution is 6.74. The van der Waals surface area contributed by atoms with Crippen LogP contribution in [-0.2, 0) is 20.5 Å². The minimum Gasteiger partial charge on any atom is -0.414 e. The maximum Gasteiger partial charge on any atom is 0.192 e. The van der Waals surface area contributed by atoms with E-state index in [0.717, 1.165) is 19.3 Å². The SMILES string of the molecule is CCCCCCCCCCC[C@@H]1C[C@H](O[Si](C)(C)C(C)(C)C)C[C@H](COCc2ccccc2)O1. The predicted molar refractivity (Wildman–Crippen MR) is 148 cm³/mol. The molecule has 0 saturated carbocycles. The fourth-order valence-electron chi connectivity index (χ4n) is 4.61. The molecule has 1 aliphatic rings. The van der Waals surface area contributed by atoms with Gasteiger partial charge in [-0.1, -0.05) is 116 Å². The molecule has 0 aromatic heterocycles. The van der Waals surface area contributed by atoms with E-state index in [2.05, 4.69) is 65.1 Å². The molecule has 0 N–H and O–H groups in total. The van der Waals surface area contributed by atoms with Crippen LogP contribution in [0.3, 0.4) is 0 Å². The molecule has 196 valence electrons. The van der Waals surface area contributed by atoms with Gasteiger partial charge >= 0.3 is 0 Å². The summed E-state index contributed by atoms with van der Waals surface area (Å²) in [7, 11) is -1.79. The topological polar surface area (TPSA) is 27.7 Å². The summed E-state index contributed by atoms with van der Waals surface area (Å²) < 4.78 is 19.5. The van der Waals surface area contributed by atoms with E-state index < -0.39 is 8.32 Å². The Morgan fingerprint density at radius 2 is 1.44 bits per heavy atom. The second kappa shape index (κ2) is 15.4. The zero-order chi connectivity index (χ0) is 24.9. The van der Waals surface area contributed by atoms with Gasteiger partial charge in [0.25, 0.3) is 0 Å². The van der Waals surface area contributed by atoms with Crippen LogP contribution >= 0.6 is 0 Å². The van der Waals surface area contributed by atoms with Crippen molar-refractivity contribution < 1.29 is 13.9 Å². The van der Waals surface area contributed by atoms with Crippen LogP contribution in [0.25, 0.3) is 0 Å². The number of ether oxygens (including phenoxy) is 2. The van der Waals surface area contributed by atoms with Crippen molar-refractivity contribution in [2.75, 3.05) is 6.61 Å². The van der Waals surface area contributed by atoms with Crippen molar-refractivity contribution in [2.24, 2.45) is 0 Å². The molecule has 0 spiro atoms. The summed E-state index contributed by atoms with van der Waals surface area (Å²) in [6, 6.07) is 10.4. The van der Waals surface area contributed by atoms with E-state index in [0.29, 0.717) is 25.4 Å². The first-order chi connectivity index (χ1) is 16.2. The number of unbranched alkanes of at least 4 members (excludes halogenated alkanes) is 8. The van der Waals surface area contributed by atoms with Gasteiger partial charge in [-0.15, -0.1) is 0 Å². The zero-order valence-corrected chi connectivity index (χ0v) is 24.2. The number of benzene rings is 1. The third-order valence-corrected chi connectivity index (χ3v) is 12.3. The summed E-state index contributed by atoms with van der Waals surface area (Å²) in [6.07, 6.45) is 16.2. The van der Waals surface area contributed by atoms with Gasteiger partial charge in [0.05, 0.1) is 31.5 Å². The van der Waals surface area contributed by atoms with Crippen LogP contribution in [0.1, 0.15) is 110 Å². The van der Waals surface area contributed by atoms with Crippen LogP contribution in [0, 0.1) is 0 Å². The van der Waals surface area contributed by atoms with E-state index in [-0.39, 0.29) is 11.1 Å². The van der Waals surface area contributed by atoms with Gasteiger partial charge in [0.2, 0.25) is 0 Å². The highest BCUT2D eigenvalue weighted by Gasteiger charge is 2.41. The first kappa shape index (κ1) is 29.5. The maximum absolute atomic E-state index is 6.86. The molecule has 0 amide bonds. The van der Waals surface area contributed by atoms with E-state index in [1.54, 1.807) is 0 Å². The van der Waals surface area contributed by atoms with Gasteiger partial charge in [-0.25, -0.2) is 0 Å². The van der Waals surface area contributed by atoms with Crippen LogP contribution in [-0.4, -0.2) is 33.2 Å². The second-order valence-corrected chi connectivity index (χ2v) is 16.7. The van der Waals surface area contributed by atoms with Crippen LogP contribution in [0.4, 0.5) is 0 Å². The molecule has 0 unspecified atom stereocenters. The molecule has 3 nitrogen and oxygen atoms in total. The predicted octanol–water partition coefficient (Wildman–Crippen LogP) is 9.06. The standard InChI is InChI=1S/C30H54O3Si/c1-7-8-9-10-11-12-13-14-18-21-27-22-28(33-34(5,6)30(2,3)4)23-29(32-27)25-31-24-26-19-16-15-17-20-26/h15-17,19-20,27-29H,7-14,18,21-25H2,1-6H3/t27-,28+,29-/m1/s1. The molecule has 0 bridgehead atoms. The summed E-state index contributed by atoms with van der Waals surface area (Å²) in [5, 5.41) is 0.233. The Balaban J connectivity index is 1.80. The highest BCUT2D eigenvalue weighted by Crippen LogP contribution is 2.39. The van der Waals surface area contributed by atoms with E-state index in [9.17, 15) is 0 Å². The lowest BCUT2D eigenvalue weighted by molar-refractivity contribution is -0.122. The second-order valence-electron chi connectivity index (χ2n) is 12.0. The number of hydrogen-bond donors (Lipinski definition) is 0. The van der Waals surface area contributed by atoms with Gasteiger partial charge in [-0.2, -0.15) is 0 Å². The summed E-state index contributed by atoms with van der Waals surface area (Å²) in [5.41, 5.74) is 1.22. The van der Waals surface area contributed by atoms with Crippen molar-refractivity contribution in [3.8, 4) is 0 Å². The fraction of sp³-hybridized carbons (Fsp3) is 0.800. The lowest BCUT2D eigenvalue weighted by atomic mass is 9.97. The van der Waals surface area contributed by atoms with Gasteiger partial charge in [-0.3, -0.25) is 0 Å². The Kier molecular flexibility index (Phi) is 13.4. The minimum atomic E-state index is -1.79. The van der Waals surface area contributed by atoms with Crippen LogP contribution in [0.2, 0.25) is 18.1 Å². The van der Waals surface area contributed by atoms with Gasteiger partial charge in [0.15, 0.2) is 8.32 Å². The molecular weight excluding hydrogens is 436 g/mol. The van der Waals surface area contributed by atoms with Crippen molar-refractivity contribution >= 4 is 8.32 Å². The van der Waals surface area contributed by atoms with Gasteiger partial charge in [0.1, 0.15) is 0 Å². The quantitative estimate of drug-likeness (QED) is 0.171. The molecule has 1 aromatic rings. The van der Waals surface area contributed by atoms with Crippen LogP contribution in [0.15, 0.2) is 30.3 Å². The number of hydrogen-bond acceptors (Lipinski definition) is 3. The highest BCUT2D eigenvalue weighted by atomic mass is 28.4. The van der Waals surface area contributed by atoms with Gasteiger partial charge in [-0.05, 0) is 36.5 Å². The molecule has 1 fully saturated rings. The first-order valence-corrected chi connectivity index (χ1v) is 17.1. The fourth-order valence-corrected chi connectivity index (χ4v) is 5.99. The van der Waals surface area contributed by atoms with Crippen molar-refractivity contribution in [3.63, 3.8) is 0 Å². The Morgan fingerprint density at radius 3 is 2.06 bits per heavy atom. The summed E-state index contributed by atoms with van der Waals surface area (Å²) >= 11 is 0. The molecule has 1 saturated heterocycles. The third-order valence-electron chi connectivity index (χ3n) is 7.75. The van der Waals surface area contributed by atoms with E-state index in [4.69, 9.17) is 13.9 Å². The largest absolute Gasteiger partial charge is 0.414 e. The normalized spacial score (nSPS) is 21.6. The molecule has 0 radical (unpaired) electrons. The van der Waals surface area contributed by atoms with Crippen molar-refractivity contribution in [1.29, 1.82) is 0 Å². The lowest BCUT2D eigenvalue weighted by Gasteiger charge is -2.43. The van der Waals surface area contributed by atoms with Crippen molar-refractivity contribution in [1.82, 2.24) is 0 Å². The maximum atomic E-state index is 6.86. The third kappa shape index (κ3) is 11.4. The number of rotatable bonds is 16. The van der Waals surface area contributed by atoms with Crippen LogP contribution < -0.4 is 0 Å². The molecule has 3 atom stereocenters. The molecule has 1 aromatic carbocycles. The summed E-state index contributed by atoms with van der Waals surface area (Å²) in [6.45, 7) is 15.3. The Bertz CT molecular complexity index is 640. The molecule has 0 aliphatic carbocycles. The molecule has 1 aliphatic heterocycles. The van der Waals surface area contributed by atoms with Crippen LogP contribution in [0.5, 0.6) is 0 Å². The average Bonchev–Trinajstić information content (AvgIpc) is 2.77. The van der Waals surface area contributed by atoms with E-state index in [1.807, 2.05) is 6.07 Å². The smallest absolute Gasteiger partial charge is 0.192 e. The molecule has 34 heavy (non-hydrogen) atoms. The lowest BCUT2D eigenvalue weighted by Crippen LogP contribution is -2.48.